The predicted molar refractivity (Wildman–Crippen MR) is 128 cm³/mol. The van der Waals surface area contributed by atoms with Crippen LogP contribution in [0.15, 0.2) is 30.3 Å². The van der Waals surface area contributed by atoms with Crippen molar-refractivity contribution in [2.45, 2.75) is 78.7 Å². The Bertz CT molecular complexity index is 920. The lowest BCUT2D eigenvalue weighted by Gasteiger charge is -2.28. The molecule has 2 aromatic rings. The Morgan fingerprint density at radius 2 is 1.53 bits per heavy atom. The molecule has 0 aliphatic heterocycles. The van der Waals surface area contributed by atoms with E-state index < -0.39 is 0 Å². The van der Waals surface area contributed by atoms with Crippen LogP contribution in [0.2, 0.25) is 0 Å². The lowest BCUT2D eigenvalue weighted by atomic mass is 9.78. The average molecular weight is 443 g/mol. The minimum absolute atomic E-state index is 0.0732. The molecule has 0 aliphatic carbocycles. The molecule has 0 aliphatic rings. The fraction of sp³-hybridized carbons (Fsp3) is 0.500. The summed E-state index contributed by atoms with van der Waals surface area (Å²) in [6, 6.07) is 8.82. The third-order valence-electron chi connectivity index (χ3n) is 5.51. The number of phenols is 2. The third kappa shape index (κ3) is 6.71. The van der Waals surface area contributed by atoms with Gasteiger partial charge in [-0.3, -0.25) is 4.79 Å². The predicted octanol–water partition coefficient (Wildman–Crippen LogP) is 5.48. The zero-order valence-electron chi connectivity index (χ0n) is 20.4. The van der Waals surface area contributed by atoms with Gasteiger partial charge in [0.25, 0.3) is 0 Å². The van der Waals surface area contributed by atoms with Crippen molar-refractivity contribution >= 4 is 11.6 Å². The van der Waals surface area contributed by atoms with Crippen molar-refractivity contribution in [2.75, 3.05) is 11.9 Å². The molecular formula is C26H38N2O4. The lowest BCUT2D eigenvalue weighted by molar-refractivity contribution is -0.116. The highest BCUT2D eigenvalue weighted by atomic mass is 16.5. The molecule has 0 radical (unpaired) electrons. The molecule has 1 amide bonds. The summed E-state index contributed by atoms with van der Waals surface area (Å²) in [7, 11) is 0. The Morgan fingerprint density at radius 1 is 0.969 bits per heavy atom. The second kappa shape index (κ2) is 9.92. The number of aromatic hydroxyl groups is 2. The first-order valence-corrected chi connectivity index (χ1v) is 11.1. The maximum absolute atomic E-state index is 12.6. The first kappa shape index (κ1) is 25.7. The van der Waals surface area contributed by atoms with E-state index in [1.165, 1.54) is 6.07 Å². The van der Waals surface area contributed by atoms with Gasteiger partial charge in [0.05, 0.1) is 6.54 Å². The number of nitrogens with zero attached hydrogens (tertiary/aromatic N) is 1. The molecule has 2 aromatic carbocycles. The lowest BCUT2D eigenvalue weighted by Crippen LogP contribution is -2.19. The molecule has 0 unspecified atom stereocenters. The van der Waals surface area contributed by atoms with Gasteiger partial charge in [-0.05, 0) is 52.1 Å². The van der Waals surface area contributed by atoms with Crippen LogP contribution in [-0.4, -0.2) is 32.9 Å². The van der Waals surface area contributed by atoms with Gasteiger partial charge in [-0.15, -0.1) is 0 Å². The maximum atomic E-state index is 12.6. The van der Waals surface area contributed by atoms with Gasteiger partial charge in [-0.25, -0.2) is 0 Å². The van der Waals surface area contributed by atoms with Gasteiger partial charge in [-0.2, -0.15) is 5.06 Å². The van der Waals surface area contributed by atoms with Gasteiger partial charge in [0.1, 0.15) is 11.5 Å². The Balaban J connectivity index is 2.17. The van der Waals surface area contributed by atoms with Gasteiger partial charge >= 0.3 is 0 Å². The summed E-state index contributed by atoms with van der Waals surface area (Å²) in [6.45, 7) is 14.8. The largest absolute Gasteiger partial charge is 0.508 e. The Kier molecular flexibility index (Phi) is 7.97. The molecule has 0 bridgehead atoms. The van der Waals surface area contributed by atoms with E-state index in [2.05, 4.69) is 46.9 Å². The molecule has 0 aromatic heterocycles. The number of carbonyl (C=O) groups excluding carboxylic acids is 1. The Morgan fingerprint density at radius 3 is 2.03 bits per heavy atom. The molecule has 4 N–H and O–H groups in total. The summed E-state index contributed by atoms with van der Waals surface area (Å²) in [6.07, 6.45) is 0.832. The summed E-state index contributed by atoms with van der Waals surface area (Å²) < 4.78 is 0. The summed E-state index contributed by atoms with van der Waals surface area (Å²) in [5, 5.41) is 34.5. The number of amides is 1. The fourth-order valence-corrected chi connectivity index (χ4v) is 3.56. The van der Waals surface area contributed by atoms with Gasteiger partial charge < -0.3 is 20.7 Å². The average Bonchev–Trinajstić information content (AvgIpc) is 2.67. The van der Waals surface area contributed by atoms with Gasteiger partial charge in [0, 0.05) is 24.2 Å². The van der Waals surface area contributed by atoms with E-state index in [1.807, 2.05) is 19.1 Å². The number of carbonyl (C=O) groups is 1. The molecule has 32 heavy (non-hydrogen) atoms. The number of hydrogen-bond donors (Lipinski definition) is 4. The van der Waals surface area contributed by atoms with E-state index in [1.54, 1.807) is 12.1 Å². The SMILES string of the molecule is CCN(O)Cc1cc(NC(=O)CCc2cc(C(C)(C)C)c(O)c(C(C)(C)C)c2)ccc1O. The van der Waals surface area contributed by atoms with Crippen molar-refractivity contribution in [3.05, 3.63) is 52.6 Å². The van der Waals surface area contributed by atoms with Crippen molar-refractivity contribution in [1.82, 2.24) is 5.06 Å². The first-order chi connectivity index (χ1) is 14.7. The molecule has 0 atom stereocenters. The van der Waals surface area contributed by atoms with Crippen LogP contribution in [0.5, 0.6) is 11.5 Å². The highest BCUT2D eigenvalue weighted by Crippen LogP contribution is 2.40. The van der Waals surface area contributed by atoms with E-state index in [0.29, 0.717) is 30.0 Å². The minimum atomic E-state index is -0.218. The number of aryl methyl sites for hydroxylation is 1. The number of phenolic OH excluding ortho intramolecular Hbond substituents is 2. The van der Waals surface area contributed by atoms with Crippen LogP contribution in [0.3, 0.4) is 0 Å². The molecule has 0 fully saturated rings. The molecule has 6 heteroatoms. The van der Waals surface area contributed by atoms with E-state index in [-0.39, 0.29) is 35.5 Å². The normalized spacial score (nSPS) is 12.3. The number of hydroxylamine groups is 2. The van der Waals surface area contributed by atoms with Crippen molar-refractivity contribution in [3.63, 3.8) is 0 Å². The summed E-state index contributed by atoms with van der Waals surface area (Å²) >= 11 is 0. The van der Waals surface area contributed by atoms with Crippen LogP contribution in [0.25, 0.3) is 0 Å². The number of rotatable bonds is 7. The second-order valence-corrected chi connectivity index (χ2v) is 10.4. The molecule has 0 heterocycles. The van der Waals surface area contributed by atoms with Crippen LogP contribution < -0.4 is 5.32 Å². The molecular weight excluding hydrogens is 404 g/mol. The van der Waals surface area contributed by atoms with Gasteiger partial charge in [0.15, 0.2) is 0 Å². The molecule has 0 saturated carbocycles. The van der Waals surface area contributed by atoms with E-state index >= 15 is 0 Å². The van der Waals surface area contributed by atoms with E-state index in [9.17, 15) is 20.2 Å². The number of benzene rings is 2. The Labute approximate surface area is 191 Å². The smallest absolute Gasteiger partial charge is 0.224 e. The van der Waals surface area contributed by atoms with Crippen LogP contribution in [0, 0.1) is 0 Å². The molecule has 176 valence electrons. The summed E-state index contributed by atoms with van der Waals surface area (Å²) in [4.78, 5) is 12.6. The number of nitrogens with one attached hydrogen (secondary N) is 1. The quantitative estimate of drug-likeness (QED) is 0.337. The maximum Gasteiger partial charge on any atom is 0.224 e. The van der Waals surface area contributed by atoms with Crippen LogP contribution >= 0.6 is 0 Å². The highest BCUT2D eigenvalue weighted by molar-refractivity contribution is 5.91. The van der Waals surface area contributed by atoms with Crippen molar-refractivity contribution < 1.29 is 20.2 Å². The van der Waals surface area contributed by atoms with Crippen molar-refractivity contribution in [1.29, 1.82) is 0 Å². The zero-order chi connectivity index (χ0) is 24.3. The van der Waals surface area contributed by atoms with E-state index in [0.717, 1.165) is 21.8 Å². The number of hydrogen-bond acceptors (Lipinski definition) is 5. The monoisotopic (exact) mass is 442 g/mol. The molecule has 6 nitrogen and oxygen atoms in total. The minimum Gasteiger partial charge on any atom is -0.508 e. The fourth-order valence-electron chi connectivity index (χ4n) is 3.56. The first-order valence-electron chi connectivity index (χ1n) is 11.1. The van der Waals surface area contributed by atoms with Gasteiger partial charge in [0.2, 0.25) is 5.91 Å². The van der Waals surface area contributed by atoms with Crippen molar-refractivity contribution in [2.24, 2.45) is 0 Å². The standard InChI is InChI=1S/C26H38N2O4/c1-8-28(32)16-18-15-19(10-11-22(18)29)27-23(30)12-9-17-13-20(25(2,3)4)24(31)21(14-17)26(5,6)7/h10-11,13-15,29,31-32H,8-9,12,16H2,1-7H3,(H,27,30). The third-order valence-corrected chi connectivity index (χ3v) is 5.51. The van der Waals surface area contributed by atoms with Gasteiger partial charge in [-0.1, -0.05) is 60.6 Å². The van der Waals surface area contributed by atoms with Crippen molar-refractivity contribution in [3.8, 4) is 11.5 Å². The number of anilines is 1. The summed E-state index contributed by atoms with van der Waals surface area (Å²) in [5.41, 5.74) is 3.45. The second-order valence-electron chi connectivity index (χ2n) is 10.4. The van der Waals surface area contributed by atoms with E-state index in [4.69, 9.17) is 0 Å². The highest BCUT2D eigenvalue weighted by Gasteiger charge is 2.26. The molecule has 0 saturated heterocycles. The summed E-state index contributed by atoms with van der Waals surface area (Å²) in [5.74, 6) is 0.268. The Hall–Kier alpha value is -2.57. The molecule has 2 rings (SSSR count). The van der Waals surface area contributed by atoms with Crippen LogP contribution in [-0.2, 0) is 28.6 Å². The zero-order valence-corrected chi connectivity index (χ0v) is 20.4. The van der Waals surface area contributed by atoms with Crippen LogP contribution in [0.1, 0.15) is 77.1 Å². The van der Waals surface area contributed by atoms with Crippen LogP contribution in [0.4, 0.5) is 5.69 Å². The topological polar surface area (TPSA) is 93.0 Å². The molecule has 0 spiro atoms.